The number of hydrogen-bond acceptors (Lipinski definition) is 3. The monoisotopic (exact) mass is 357 g/mol. The van der Waals surface area contributed by atoms with Crippen LogP contribution in [0.15, 0.2) is 0 Å². The summed E-state index contributed by atoms with van der Waals surface area (Å²) < 4.78 is 0. The second kappa shape index (κ2) is 9.04. The van der Waals surface area contributed by atoms with Gasteiger partial charge in [-0.2, -0.15) is 0 Å². The Bertz CT molecular complexity index is 422. The fourth-order valence-corrected chi connectivity index (χ4v) is 4.41. The lowest BCUT2D eigenvalue weighted by atomic mass is 9.78. The molecule has 0 unspecified atom stereocenters. The van der Waals surface area contributed by atoms with Crippen LogP contribution in [0.5, 0.6) is 0 Å². The van der Waals surface area contributed by atoms with Crippen molar-refractivity contribution in [2.24, 2.45) is 11.3 Å². The fourth-order valence-electron chi connectivity index (χ4n) is 4.41. The van der Waals surface area contributed by atoms with E-state index in [-0.39, 0.29) is 30.1 Å². The molecular weight excluding hydrogens is 326 g/mol. The van der Waals surface area contributed by atoms with Crippen LogP contribution >= 0.6 is 12.4 Å². The zero-order valence-electron chi connectivity index (χ0n) is 14.6. The Hall–Kier alpha value is -0.810. The van der Waals surface area contributed by atoms with Crippen LogP contribution in [-0.2, 0) is 9.59 Å². The van der Waals surface area contributed by atoms with E-state index in [0.29, 0.717) is 18.4 Å². The first-order chi connectivity index (χ1) is 11.2. The van der Waals surface area contributed by atoms with E-state index in [1.807, 2.05) is 4.90 Å². The molecule has 3 aliphatic rings. The van der Waals surface area contributed by atoms with Gasteiger partial charge in [0, 0.05) is 38.5 Å². The van der Waals surface area contributed by atoms with Crippen molar-refractivity contribution in [3.63, 3.8) is 0 Å². The maximum atomic E-state index is 12.3. The molecule has 24 heavy (non-hydrogen) atoms. The number of carbonyl (C=O) groups is 2. The molecule has 0 bridgehead atoms. The second-order valence-corrected chi connectivity index (χ2v) is 7.68. The molecule has 2 saturated heterocycles. The highest BCUT2D eigenvalue weighted by Gasteiger charge is 2.37. The molecule has 3 fully saturated rings. The lowest BCUT2D eigenvalue weighted by Crippen LogP contribution is -2.45. The second-order valence-electron chi connectivity index (χ2n) is 7.68. The molecule has 2 heterocycles. The molecule has 138 valence electrons. The molecule has 0 aromatic rings. The highest BCUT2D eigenvalue weighted by Crippen LogP contribution is 2.36. The minimum Gasteiger partial charge on any atom is -0.355 e. The SMILES string of the molecule is Cl.O=C(NCCC(=O)N1CCC2(CCNC2)CC1)C1CCCCC1. The van der Waals surface area contributed by atoms with Gasteiger partial charge in [-0.1, -0.05) is 19.3 Å². The number of piperidine rings is 1. The number of likely N-dealkylation sites (tertiary alicyclic amines) is 1. The van der Waals surface area contributed by atoms with Gasteiger partial charge >= 0.3 is 0 Å². The van der Waals surface area contributed by atoms with Crippen LogP contribution in [-0.4, -0.2) is 49.4 Å². The van der Waals surface area contributed by atoms with Gasteiger partial charge in [0.05, 0.1) is 0 Å². The van der Waals surface area contributed by atoms with Crippen LogP contribution in [0.2, 0.25) is 0 Å². The smallest absolute Gasteiger partial charge is 0.224 e. The summed E-state index contributed by atoms with van der Waals surface area (Å²) in [5.74, 6) is 0.547. The lowest BCUT2D eigenvalue weighted by molar-refractivity contribution is -0.133. The summed E-state index contributed by atoms with van der Waals surface area (Å²) in [6, 6.07) is 0. The Morgan fingerprint density at radius 2 is 1.79 bits per heavy atom. The molecule has 5 nitrogen and oxygen atoms in total. The highest BCUT2D eigenvalue weighted by atomic mass is 35.5. The summed E-state index contributed by atoms with van der Waals surface area (Å²) in [4.78, 5) is 26.4. The predicted octanol–water partition coefficient (Wildman–Crippen LogP) is 2.10. The zero-order valence-corrected chi connectivity index (χ0v) is 15.5. The van der Waals surface area contributed by atoms with Crippen molar-refractivity contribution in [1.82, 2.24) is 15.5 Å². The maximum absolute atomic E-state index is 12.3. The lowest BCUT2D eigenvalue weighted by Gasteiger charge is -2.39. The Balaban J connectivity index is 0.00000208. The van der Waals surface area contributed by atoms with Crippen LogP contribution in [0.3, 0.4) is 0 Å². The Labute approximate surface area is 151 Å². The predicted molar refractivity (Wildman–Crippen MR) is 97.2 cm³/mol. The summed E-state index contributed by atoms with van der Waals surface area (Å²) in [5.41, 5.74) is 0.450. The van der Waals surface area contributed by atoms with Crippen LogP contribution in [0.25, 0.3) is 0 Å². The molecule has 2 N–H and O–H groups in total. The normalized spacial score (nSPS) is 23.8. The topological polar surface area (TPSA) is 61.4 Å². The molecule has 0 aromatic carbocycles. The van der Waals surface area contributed by atoms with E-state index in [2.05, 4.69) is 10.6 Å². The molecule has 1 spiro atoms. The number of carbonyl (C=O) groups excluding carboxylic acids is 2. The molecule has 0 atom stereocenters. The van der Waals surface area contributed by atoms with Gasteiger partial charge in [-0.3, -0.25) is 9.59 Å². The largest absolute Gasteiger partial charge is 0.355 e. The summed E-state index contributed by atoms with van der Waals surface area (Å²) in [6.07, 6.45) is 9.58. The first kappa shape index (κ1) is 19.5. The van der Waals surface area contributed by atoms with Gasteiger partial charge in [-0.15, -0.1) is 12.4 Å². The van der Waals surface area contributed by atoms with Crippen molar-refractivity contribution in [3.8, 4) is 0 Å². The molecule has 0 radical (unpaired) electrons. The van der Waals surface area contributed by atoms with Gasteiger partial charge in [-0.25, -0.2) is 0 Å². The molecule has 1 saturated carbocycles. The average molecular weight is 358 g/mol. The van der Waals surface area contributed by atoms with E-state index < -0.39 is 0 Å². The number of hydrogen-bond donors (Lipinski definition) is 2. The Kier molecular flexibility index (Phi) is 7.35. The molecule has 0 aromatic heterocycles. The first-order valence-electron chi connectivity index (χ1n) is 9.45. The third-order valence-electron chi connectivity index (χ3n) is 6.12. The Morgan fingerprint density at radius 1 is 1.08 bits per heavy atom. The number of halogens is 1. The van der Waals surface area contributed by atoms with Crippen molar-refractivity contribution in [1.29, 1.82) is 0 Å². The highest BCUT2D eigenvalue weighted by molar-refractivity contribution is 5.85. The summed E-state index contributed by atoms with van der Waals surface area (Å²) in [5, 5.41) is 6.43. The first-order valence-corrected chi connectivity index (χ1v) is 9.45. The fraction of sp³-hybridized carbons (Fsp3) is 0.889. The van der Waals surface area contributed by atoms with Gasteiger partial charge in [0.2, 0.25) is 11.8 Å². The third-order valence-corrected chi connectivity index (χ3v) is 6.12. The minimum absolute atomic E-state index is 0. The molecule has 2 amide bonds. The van der Waals surface area contributed by atoms with E-state index >= 15 is 0 Å². The Morgan fingerprint density at radius 3 is 2.42 bits per heavy atom. The van der Waals surface area contributed by atoms with Crippen LogP contribution < -0.4 is 10.6 Å². The van der Waals surface area contributed by atoms with Crippen molar-refractivity contribution in [2.75, 3.05) is 32.7 Å². The number of nitrogens with zero attached hydrogens (tertiary/aromatic N) is 1. The van der Waals surface area contributed by atoms with Crippen molar-refractivity contribution >= 4 is 24.2 Å². The van der Waals surface area contributed by atoms with E-state index in [1.165, 1.54) is 25.7 Å². The van der Waals surface area contributed by atoms with Crippen LogP contribution in [0.4, 0.5) is 0 Å². The minimum atomic E-state index is 0. The quantitative estimate of drug-likeness (QED) is 0.810. The molecule has 3 rings (SSSR count). The molecule has 6 heteroatoms. The van der Waals surface area contributed by atoms with Gasteiger partial charge in [-0.05, 0) is 44.1 Å². The maximum Gasteiger partial charge on any atom is 0.224 e. The third kappa shape index (κ3) is 4.85. The van der Waals surface area contributed by atoms with E-state index in [9.17, 15) is 9.59 Å². The van der Waals surface area contributed by atoms with Gasteiger partial charge in [0.25, 0.3) is 0 Å². The summed E-state index contributed by atoms with van der Waals surface area (Å²) >= 11 is 0. The molecule has 1 aliphatic carbocycles. The summed E-state index contributed by atoms with van der Waals surface area (Å²) in [7, 11) is 0. The van der Waals surface area contributed by atoms with Crippen LogP contribution in [0, 0.1) is 11.3 Å². The van der Waals surface area contributed by atoms with Gasteiger partial charge in [0.15, 0.2) is 0 Å². The molecule has 2 aliphatic heterocycles. The number of amides is 2. The number of rotatable bonds is 4. The standard InChI is InChI=1S/C18H31N3O2.ClH/c22-16(6-10-20-17(23)15-4-2-1-3-5-15)21-12-8-18(9-13-21)7-11-19-14-18;/h15,19H,1-14H2,(H,20,23);1H. The summed E-state index contributed by atoms with van der Waals surface area (Å²) in [6.45, 7) is 4.51. The van der Waals surface area contributed by atoms with Crippen molar-refractivity contribution in [3.05, 3.63) is 0 Å². The average Bonchev–Trinajstić information content (AvgIpc) is 3.04. The molecular formula is C18H32ClN3O2. The zero-order chi connectivity index (χ0) is 16.1. The van der Waals surface area contributed by atoms with Crippen LogP contribution in [0.1, 0.15) is 57.8 Å². The van der Waals surface area contributed by atoms with Gasteiger partial charge in [0.1, 0.15) is 0 Å². The van der Waals surface area contributed by atoms with Crippen molar-refractivity contribution < 1.29 is 9.59 Å². The van der Waals surface area contributed by atoms with Gasteiger partial charge < -0.3 is 15.5 Å². The van der Waals surface area contributed by atoms with E-state index in [1.54, 1.807) is 0 Å². The number of nitrogens with one attached hydrogen (secondary N) is 2. The van der Waals surface area contributed by atoms with E-state index in [4.69, 9.17) is 0 Å². The van der Waals surface area contributed by atoms with E-state index in [0.717, 1.165) is 51.9 Å². The van der Waals surface area contributed by atoms with Crippen molar-refractivity contribution in [2.45, 2.75) is 57.8 Å².